The van der Waals surface area contributed by atoms with Crippen molar-refractivity contribution in [1.29, 1.82) is 0 Å². The normalized spacial score (nSPS) is 21.0. The van der Waals surface area contributed by atoms with Gasteiger partial charge in [-0.25, -0.2) is 19.8 Å². The minimum absolute atomic E-state index is 0.00548. The maximum Gasteiger partial charge on any atom is 0.410 e. The molecule has 1 fully saturated rings. The Bertz CT molecular complexity index is 553. The smallest absolute Gasteiger partial charge is 0.410 e. The molecule has 2 rings (SSSR count). The summed E-state index contributed by atoms with van der Waals surface area (Å²) in [6.45, 7) is 5.56. The predicted molar refractivity (Wildman–Crippen MR) is 89.1 cm³/mol. The van der Waals surface area contributed by atoms with Gasteiger partial charge in [-0.3, -0.25) is 0 Å². The molecule has 0 saturated heterocycles. The Kier molecular flexibility index (Phi) is 5.69. The molecule has 1 aromatic rings. The number of carbonyl (C=O) groups excluding carboxylic acids is 1. The Morgan fingerprint density at radius 1 is 1.29 bits per heavy atom. The van der Waals surface area contributed by atoms with E-state index in [-0.39, 0.29) is 18.2 Å². The second-order valence-electron chi connectivity index (χ2n) is 7.09. The fraction of sp³-hybridized carbons (Fsp3) is 0.688. The van der Waals surface area contributed by atoms with E-state index in [0.717, 1.165) is 25.7 Å². The molecule has 132 valence electrons. The molecule has 0 bridgehead atoms. The Labute approximate surface area is 142 Å². The molecule has 0 aliphatic heterocycles. The summed E-state index contributed by atoms with van der Waals surface area (Å²) in [5, 5.41) is 4.55. The van der Waals surface area contributed by atoms with Crippen LogP contribution in [0.25, 0.3) is 0 Å². The van der Waals surface area contributed by atoms with E-state index < -0.39 is 5.60 Å². The van der Waals surface area contributed by atoms with Crippen molar-refractivity contribution >= 4 is 11.9 Å². The van der Waals surface area contributed by atoms with Crippen molar-refractivity contribution < 1.29 is 14.5 Å². The summed E-state index contributed by atoms with van der Waals surface area (Å²) in [6, 6.07) is 0.106. The van der Waals surface area contributed by atoms with Gasteiger partial charge in [0, 0.05) is 13.1 Å². The number of nitrogens with one attached hydrogen (secondary N) is 1. The van der Waals surface area contributed by atoms with Crippen LogP contribution in [0.4, 0.5) is 10.6 Å². The first kappa shape index (κ1) is 18.1. The van der Waals surface area contributed by atoms with Gasteiger partial charge in [-0.1, -0.05) is 0 Å². The van der Waals surface area contributed by atoms with E-state index in [1.54, 1.807) is 30.5 Å². The van der Waals surface area contributed by atoms with E-state index in [1.807, 2.05) is 20.8 Å². The van der Waals surface area contributed by atoms with Crippen molar-refractivity contribution in [3.8, 4) is 0 Å². The van der Waals surface area contributed by atoms with E-state index in [2.05, 4.69) is 15.3 Å². The number of amides is 1. The van der Waals surface area contributed by atoms with Crippen LogP contribution in [0.5, 0.6) is 0 Å². The molecule has 8 nitrogen and oxygen atoms in total. The molecule has 0 unspecified atom stereocenters. The molecular weight excluding hydrogens is 310 g/mol. The highest BCUT2D eigenvalue weighted by molar-refractivity contribution is 5.68. The van der Waals surface area contributed by atoms with Gasteiger partial charge in [0.2, 0.25) is 12.0 Å². The number of ether oxygens (including phenoxy) is 1. The van der Waals surface area contributed by atoms with Gasteiger partial charge in [-0.2, -0.15) is 0 Å². The summed E-state index contributed by atoms with van der Waals surface area (Å²) in [5.41, 5.74) is -0.504. The first-order valence-electron chi connectivity index (χ1n) is 8.22. The minimum atomic E-state index is -0.504. The number of hydrogen-bond acceptors (Lipinski definition) is 5. The van der Waals surface area contributed by atoms with Crippen LogP contribution in [0, 0.1) is 4.91 Å². The highest BCUT2D eigenvalue weighted by atomic mass is 16.6. The van der Waals surface area contributed by atoms with E-state index >= 15 is 0 Å². The molecule has 0 aromatic carbocycles. The number of rotatable bonds is 4. The average Bonchev–Trinajstić information content (AvgIpc) is 2.55. The fourth-order valence-electron chi connectivity index (χ4n) is 2.91. The standard InChI is InChI=1S/C16H25N5O3/c1-16(2,3)24-15(22)20(4)12-5-7-13(8-6-12)21(19-23)14-11-17-9-10-18-14/h9-13H,5-8H2,1-4H3/p+1. The molecule has 0 spiro atoms. The molecule has 1 amide bonds. The van der Waals surface area contributed by atoms with Gasteiger partial charge < -0.3 is 9.64 Å². The van der Waals surface area contributed by atoms with Gasteiger partial charge in [-0.15, -0.1) is 4.91 Å². The largest absolute Gasteiger partial charge is 0.444 e. The molecule has 24 heavy (non-hydrogen) atoms. The Morgan fingerprint density at radius 3 is 2.42 bits per heavy atom. The molecule has 1 heterocycles. The third-order valence-electron chi connectivity index (χ3n) is 4.15. The van der Waals surface area contributed by atoms with Crippen LogP contribution in [0.15, 0.2) is 23.9 Å². The topological polar surface area (TPSA) is 89.2 Å². The van der Waals surface area contributed by atoms with Gasteiger partial charge in [0.15, 0.2) is 6.20 Å². The Morgan fingerprint density at radius 2 is 1.92 bits per heavy atom. The number of anilines is 1. The highest BCUT2D eigenvalue weighted by Crippen LogP contribution is 2.29. The maximum absolute atomic E-state index is 12.2. The summed E-state index contributed by atoms with van der Waals surface area (Å²) >= 11 is 0. The fourth-order valence-corrected chi connectivity index (χ4v) is 2.91. The third kappa shape index (κ3) is 4.62. The van der Waals surface area contributed by atoms with Crippen molar-refractivity contribution in [2.75, 3.05) is 12.1 Å². The molecule has 8 heteroatoms. The quantitative estimate of drug-likeness (QED) is 0.623. The second-order valence-corrected chi connectivity index (χ2v) is 7.09. The molecule has 0 atom stereocenters. The molecule has 1 aromatic heterocycles. The summed E-state index contributed by atoms with van der Waals surface area (Å²) in [7, 11) is 1.77. The van der Waals surface area contributed by atoms with Crippen molar-refractivity contribution in [3.63, 3.8) is 0 Å². The van der Waals surface area contributed by atoms with Crippen molar-refractivity contribution in [2.24, 2.45) is 5.29 Å². The second kappa shape index (κ2) is 7.55. The molecule has 1 N–H and O–H groups in total. The monoisotopic (exact) mass is 336 g/mol. The zero-order valence-corrected chi connectivity index (χ0v) is 14.7. The van der Waals surface area contributed by atoms with Gasteiger partial charge in [0.05, 0.1) is 17.5 Å². The number of nitrogens with zero attached hydrogens (tertiary/aromatic N) is 4. The molecule has 0 radical (unpaired) electrons. The summed E-state index contributed by atoms with van der Waals surface area (Å²) in [6.07, 6.45) is 7.73. The van der Waals surface area contributed by atoms with Crippen LogP contribution in [0.3, 0.4) is 0 Å². The lowest BCUT2D eigenvalue weighted by Gasteiger charge is -2.37. The van der Waals surface area contributed by atoms with Crippen LogP contribution < -0.4 is 9.99 Å². The Hall–Kier alpha value is -2.25. The van der Waals surface area contributed by atoms with Gasteiger partial charge in [-0.05, 0) is 46.5 Å². The lowest BCUT2D eigenvalue weighted by molar-refractivity contribution is -0.378. The molecule has 1 aliphatic carbocycles. The molecular formula is C16H26N5O3+. The SMILES string of the molecule is CN(C(=O)OC(C)(C)C)C1CCC(N(N=O)c2c[nH+]ccn2)CC1. The predicted octanol–water partition coefficient (Wildman–Crippen LogP) is 2.56. The van der Waals surface area contributed by atoms with Crippen LogP contribution in [-0.2, 0) is 4.74 Å². The van der Waals surface area contributed by atoms with E-state index in [9.17, 15) is 9.70 Å². The zero-order chi connectivity index (χ0) is 17.7. The highest BCUT2D eigenvalue weighted by Gasteiger charge is 2.32. The number of aromatic nitrogens is 2. The maximum atomic E-state index is 12.2. The first-order valence-corrected chi connectivity index (χ1v) is 8.22. The summed E-state index contributed by atoms with van der Waals surface area (Å²) in [4.78, 5) is 32.1. The van der Waals surface area contributed by atoms with Crippen LogP contribution >= 0.6 is 0 Å². The minimum Gasteiger partial charge on any atom is -0.444 e. The summed E-state index contributed by atoms with van der Waals surface area (Å²) in [5.74, 6) is 0.511. The lowest BCUT2D eigenvalue weighted by atomic mass is 9.90. The van der Waals surface area contributed by atoms with E-state index in [0.29, 0.717) is 5.82 Å². The number of aromatic amines is 1. The van der Waals surface area contributed by atoms with Crippen LogP contribution in [-0.4, -0.2) is 40.7 Å². The van der Waals surface area contributed by atoms with Crippen molar-refractivity contribution in [3.05, 3.63) is 23.5 Å². The number of H-pyrrole nitrogens is 1. The van der Waals surface area contributed by atoms with E-state index in [1.165, 1.54) is 5.01 Å². The Balaban J connectivity index is 1.93. The molecule has 1 aliphatic rings. The summed E-state index contributed by atoms with van der Waals surface area (Å²) < 4.78 is 5.41. The number of carbonyl (C=O) groups is 1. The third-order valence-corrected chi connectivity index (χ3v) is 4.15. The van der Waals surface area contributed by atoms with Gasteiger partial charge >= 0.3 is 6.09 Å². The number of nitroso groups, excluding NO2 is 1. The zero-order valence-electron chi connectivity index (χ0n) is 14.7. The van der Waals surface area contributed by atoms with Gasteiger partial charge in [0.1, 0.15) is 5.60 Å². The van der Waals surface area contributed by atoms with Gasteiger partial charge in [0.25, 0.3) is 0 Å². The first-order chi connectivity index (χ1) is 11.3. The van der Waals surface area contributed by atoms with Crippen molar-refractivity contribution in [2.45, 2.75) is 64.1 Å². The van der Waals surface area contributed by atoms with Crippen LogP contribution in [0.2, 0.25) is 0 Å². The van der Waals surface area contributed by atoms with Crippen molar-refractivity contribution in [1.82, 2.24) is 9.88 Å². The molecule has 1 saturated carbocycles. The van der Waals surface area contributed by atoms with E-state index in [4.69, 9.17) is 4.74 Å². The lowest BCUT2D eigenvalue weighted by Crippen LogP contribution is -2.45. The number of hydrogen-bond donors (Lipinski definition) is 0. The van der Waals surface area contributed by atoms with Crippen LogP contribution in [0.1, 0.15) is 46.5 Å². The average molecular weight is 336 g/mol.